The summed E-state index contributed by atoms with van der Waals surface area (Å²) in [5.74, 6) is 0.906. The number of hydrogen-bond acceptors (Lipinski definition) is 3. The van der Waals surface area contributed by atoms with Gasteiger partial charge in [-0.05, 0) is 19.0 Å². The van der Waals surface area contributed by atoms with Crippen LogP contribution in [0.15, 0.2) is 24.3 Å². The number of para-hydroxylation sites is 1. The molecule has 0 radical (unpaired) electrons. The lowest BCUT2D eigenvalue weighted by Gasteiger charge is -2.08. The molecule has 14 heavy (non-hydrogen) atoms. The molecule has 3 nitrogen and oxygen atoms in total. The van der Waals surface area contributed by atoms with E-state index < -0.39 is 0 Å². The number of methoxy groups -OCH3 is 1. The van der Waals surface area contributed by atoms with Crippen LogP contribution in [0.5, 0.6) is 5.75 Å². The summed E-state index contributed by atoms with van der Waals surface area (Å²) in [7, 11) is 1.67. The quantitative estimate of drug-likeness (QED) is 0.669. The Labute approximate surface area is 84.7 Å². The van der Waals surface area contributed by atoms with Crippen molar-refractivity contribution in [3.63, 3.8) is 0 Å². The molecule has 0 spiro atoms. The minimum absolute atomic E-state index is 0.235. The maximum atomic E-state index is 8.60. The van der Waals surface area contributed by atoms with Crippen molar-refractivity contribution in [2.75, 3.05) is 20.3 Å². The first-order valence-electron chi connectivity index (χ1n) is 4.82. The second-order valence-corrected chi connectivity index (χ2v) is 3.07. The fraction of sp³-hybridized carbons (Fsp3) is 0.455. The highest BCUT2D eigenvalue weighted by atomic mass is 16.5. The Kier molecular flexibility index (Phi) is 5.04. The molecule has 3 heteroatoms. The third kappa shape index (κ3) is 3.36. The molecule has 0 atom stereocenters. The average molecular weight is 195 g/mol. The van der Waals surface area contributed by atoms with Gasteiger partial charge in [-0.1, -0.05) is 18.2 Å². The van der Waals surface area contributed by atoms with E-state index in [2.05, 4.69) is 5.32 Å². The van der Waals surface area contributed by atoms with Gasteiger partial charge < -0.3 is 15.2 Å². The van der Waals surface area contributed by atoms with Crippen LogP contribution < -0.4 is 10.1 Å². The van der Waals surface area contributed by atoms with Gasteiger partial charge in [0.25, 0.3) is 0 Å². The normalized spacial score (nSPS) is 10.1. The van der Waals surface area contributed by atoms with Gasteiger partial charge in [0.1, 0.15) is 5.75 Å². The van der Waals surface area contributed by atoms with Crippen molar-refractivity contribution in [2.24, 2.45) is 0 Å². The molecule has 0 fully saturated rings. The van der Waals surface area contributed by atoms with Crippen LogP contribution >= 0.6 is 0 Å². The van der Waals surface area contributed by atoms with Crippen molar-refractivity contribution in [3.05, 3.63) is 29.8 Å². The van der Waals surface area contributed by atoms with Crippen LogP contribution in [-0.4, -0.2) is 25.4 Å². The summed E-state index contributed by atoms with van der Waals surface area (Å²) in [6, 6.07) is 7.93. The molecular formula is C11H17NO2. The third-order valence-corrected chi connectivity index (χ3v) is 2.02. The van der Waals surface area contributed by atoms with Crippen LogP contribution in [0.25, 0.3) is 0 Å². The van der Waals surface area contributed by atoms with Gasteiger partial charge in [0.05, 0.1) is 7.11 Å². The number of benzene rings is 1. The molecule has 0 aliphatic rings. The Hall–Kier alpha value is -1.06. The maximum Gasteiger partial charge on any atom is 0.123 e. The highest BCUT2D eigenvalue weighted by Crippen LogP contribution is 2.16. The van der Waals surface area contributed by atoms with Crippen molar-refractivity contribution in [2.45, 2.75) is 13.0 Å². The second kappa shape index (κ2) is 6.40. The fourth-order valence-electron chi connectivity index (χ4n) is 1.28. The number of nitrogens with one attached hydrogen (secondary N) is 1. The summed E-state index contributed by atoms with van der Waals surface area (Å²) < 4.78 is 5.21. The van der Waals surface area contributed by atoms with Gasteiger partial charge in [-0.2, -0.15) is 0 Å². The molecule has 0 aromatic heterocycles. The van der Waals surface area contributed by atoms with E-state index in [-0.39, 0.29) is 6.61 Å². The van der Waals surface area contributed by atoms with E-state index in [4.69, 9.17) is 9.84 Å². The van der Waals surface area contributed by atoms with Crippen LogP contribution in [0.1, 0.15) is 12.0 Å². The number of rotatable bonds is 6. The minimum Gasteiger partial charge on any atom is -0.496 e. The van der Waals surface area contributed by atoms with E-state index in [1.807, 2.05) is 24.3 Å². The Morgan fingerprint density at radius 2 is 2.14 bits per heavy atom. The largest absolute Gasteiger partial charge is 0.496 e. The first kappa shape index (κ1) is 11.0. The molecule has 0 unspecified atom stereocenters. The van der Waals surface area contributed by atoms with Crippen molar-refractivity contribution in [3.8, 4) is 5.75 Å². The number of aliphatic hydroxyl groups is 1. The molecule has 1 aromatic rings. The summed E-state index contributed by atoms with van der Waals surface area (Å²) in [4.78, 5) is 0. The fourth-order valence-corrected chi connectivity index (χ4v) is 1.28. The third-order valence-electron chi connectivity index (χ3n) is 2.02. The second-order valence-electron chi connectivity index (χ2n) is 3.07. The van der Waals surface area contributed by atoms with Gasteiger partial charge in [-0.25, -0.2) is 0 Å². The molecular weight excluding hydrogens is 178 g/mol. The highest BCUT2D eigenvalue weighted by molar-refractivity contribution is 5.32. The standard InChI is InChI=1S/C11H17NO2/c1-14-11-6-3-2-5-10(11)9-12-7-4-8-13/h2-3,5-6,12-13H,4,7-9H2,1H3. The molecule has 0 bridgehead atoms. The van der Waals surface area contributed by atoms with Gasteiger partial charge in [-0.15, -0.1) is 0 Å². The lowest BCUT2D eigenvalue weighted by Crippen LogP contribution is -2.16. The minimum atomic E-state index is 0.235. The Balaban J connectivity index is 2.41. The molecule has 0 aliphatic heterocycles. The average Bonchev–Trinajstić information content (AvgIpc) is 2.25. The SMILES string of the molecule is COc1ccccc1CNCCCO. The Bertz CT molecular complexity index is 263. The first-order chi connectivity index (χ1) is 6.88. The van der Waals surface area contributed by atoms with E-state index in [0.717, 1.165) is 30.8 Å². The zero-order chi connectivity index (χ0) is 10.2. The van der Waals surface area contributed by atoms with Gasteiger partial charge in [0.15, 0.2) is 0 Å². The summed E-state index contributed by atoms with van der Waals surface area (Å²) >= 11 is 0. The molecule has 0 saturated heterocycles. The molecule has 0 amide bonds. The van der Waals surface area contributed by atoms with E-state index in [1.165, 1.54) is 0 Å². The predicted octanol–water partition coefficient (Wildman–Crippen LogP) is 1.17. The van der Waals surface area contributed by atoms with Crippen molar-refractivity contribution < 1.29 is 9.84 Å². The van der Waals surface area contributed by atoms with Crippen LogP contribution in [-0.2, 0) is 6.54 Å². The predicted molar refractivity (Wildman–Crippen MR) is 56.4 cm³/mol. The zero-order valence-electron chi connectivity index (χ0n) is 8.49. The monoisotopic (exact) mass is 195 g/mol. The Morgan fingerprint density at radius 3 is 2.86 bits per heavy atom. The lowest BCUT2D eigenvalue weighted by molar-refractivity contribution is 0.286. The molecule has 1 rings (SSSR count). The summed E-state index contributed by atoms with van der Waals surface area (Å²) in [6.07, 6.45) is 0.787. The van der Waals surface area contributed by atoms with Crippen molar-refractivity contribution in [1.82, 2.24) is 5.32 Å². The van der Waals surface area contributed by atoms with Crippen molar-refractivity contribution >= 4 is 0 Å². The number of aliphatic hydroxyl groups excluding tert-OH is 1. The Morgan fingerprint density at radius 1 is 1.36 bits per heavy atom. The van der Waals surface area contributed by atoms with Gasteiger partial charge in [0.2, 0.25) is 0 Å². The van der Waals surface area contributed by atoms with Crippen LogP contribution in [0.3, 0.4) is 0 Å². The molecule has 0 heterocycles. The van der Waals surface area contributed by atoms with Gasteiger partial charge in [0, 0.05) is 18.7 Å². The van der Waals surface area contributed by atoms with E-state index in [0.29, 0.717) is 0 Å². The van der Waals surface area contributed by atoms with E-state index in [1.54, 1.807) is 7.11 Å². The van der Waals surface area contributed by atoms with Crippen LogP contribution in [0.4, 0.5) is 0 Å². The number of ether oxygens (including phenoxy) is 1. The summed E-state index contributed by atoms with van der Waals surface area (Å²) in [5.41, 5.74) is 1.15. The zero-order valence-corrected chi connectivity index (χ0v) is 8.49. The molecule has 1 aromatic carbocycles. The van der Waals surface area contributed by atoms with E-state index >= 15 is 0 Å². The highest BCUT2D eigenvalue weighted by Gasteiger charge is 1.99. The summed E-state index contributed by atoms with van der Waals surface area (Å²) in [6.45, 7) is 1.84. The lowest BCUT2D eigenvalue weighted by atomic mass is 10.2. The summed E-state index contributed by atoms with van der Waals surface area (Å²) in [5, 5.41) is 11.8. The molecule has 2 N–H and O–H groups in total. The first-order valence-corrected chi connectivity index (χ1v) is 4.82. The van der Waals surface area contributed by atoms with Gasteiger partial charge in [-0.3, -0.25) is 0 Å². The van der Waals surface area contributed by atoms with Crippen LogP contribution in [0.2, 0.25) is 0 Å². The smallest absolute Gasteiger partial charge is 0.123 e. The topological polar surface area (TPSA) is 41.5 Å². The number of hydrogen-bond donors (Lipinski definition) is 2. The molecule has 0 aliphatic carbocycles. The van der Waals surface area contributed by atoms with Gasteiger partial charge >= 0.3 is 0 Å². The van der Waals surface area contributed by atoms with Crippen molar-refractivity contribution in [1.29, 1.82) is 0 Å². The van der Waals surface area contributed by atoms with Crippen LogP contribution in [0, 0.1) is 0 Å². The maximum absolute atomic E-state index is 8.60. The van der Waals surface area contributed by atoms with E-state index in [9.17, 15) is 0 Å². The molecule has 0 saturated carbocycles. The molecule has 78 valence electrons.